The summed E-state index contributed by atoms with van der Waals surface area (Å²) in [6.45, 7) is 0.699. The lowest BCUT2D eigenvalue weighted by Gasteiger charge is -2.18. The summed E-state index contributed by atoms with van der Waals surface area (Å²) in [7, 11) is 3.52. The van der Waals surface area contributed by atoms with Crippen LogP contribution in [0.15, 0.2) is 22.7 Å². The average Bonchev–Trinajstić information content (AvgIpc) is 2.26. The highest BCUT2D eigenvalue weighted by molar-refractivity contribution is 9.10. The molecule has 0 fully saturated rings. The number of halogens is 2. The Kier molecular flexibility index (Phi) is 5.95. The Morgan fingerprint density at radius 1 is 1.50 bits per heavy atom. The van der Waals surface area contributed by atoms with Crippen molar-refractivity contribution in [1.29, 1.82) is 0 Å². The van der Waals surface area contributed by atoms with Crippen molar-refractivity contribution in [3.63, 3.8) is 0 Å². The van der Waals surface area contributed by atoms with Gasteiger partial charge in [0, 0.05) is 29.8 Å². The first kappa shape index (κ1) is 13.6. The molecule has 1 rings (SSSR count). The van der Waals surface area contributed by atoms with E-state index in [-0.39, 0.29) is 11.9 Å². The number of ether oxygens (including phenoxy) is 1. The van der Waals surface area contributed by atoms with E-state index < -0.39 is 0 Å². The van der Waals surface area contributed by atoms with Gasteiger partial charge in [0.25, 0.3) is 0 Å². The molecule has 0 aromatic heterocycles. The molecule has 0 aliphatic carbocycles. The second kappa shape index (κ2) is 6.99. The molecule has 1 aromatic rings. The molecule has 90 valence electrons. The van der Waals surface area contributed by atoms with Crippen molar-refractivity contribution in [3.05, 3.63) is 34.1 Å². The fourth-order valence-corrected chi connectivity index (χ4v) is 2.33. The normalized spacial score (nSPS) is 12.8. The van der Waals surface area contributed by atoms with Crippen molar-refractivity contribution in [2.24, 2.45) is 0 Å². The zero-order chi connectivity index (χ0) is 12.0. The van der Waals surface area contributed by atoms with Gasteiger partial charge in [0.05, 0.1) is 0 Å². The summed E-state index contributed by atoms with van der Waals surface area (Å²) in [6, 6.07) is 5.07. The van der Waals surface area contributed by atoms with Crippen molar-refractivity contribution >= 4 is 15.9 Å². The minimum absolute atomic E-state index is 0.0192. The van der Waals surface area contributed by atoms with Crippen LogP contribution in [0.5, 0.6) is 0 Å². The fourth-order valence-electron chi connectivity index (χ4n) is 1.71. The minimum atomic E-state index is -0.175. The third kappa shape index (κ3) is 3.54. The molecule has 0 aliphatic heterocycles. The molecule has 0 aliphatic rings. The molecule has 0 radical (unpaired) electrons. The van der Waals surface area contributed by atoms with Crippen LogP contribution in [0.3, 0.4) is 0 Å². The Bertz CT molecular complexity index is 313. The molecule has 1 N–H and O–H groups in total. The fraction of sp³-hybridized carbons (Fsp3) is 0.500. The van der Waals surface area contributed by atoms with Crippen molar-refractivity contribution in [1.82, 2.24) is 5.32 Å². The van der Waals surface area contributed by atoms with Crippen molar-refractivity contribution < 1.29 is 9.13 Å². The van der Waals surface area contributed by atoms with Crippen molar-refractivity contribution in [2.75, 3.05) is 20.8 Å². The third-order valence-electron chi connectivity index (χ3n) is 2.54. The van der Waals surface area contributed by atoms with Crippen LogP contribution in [0.2, 0.25) is 0 Å². The van der Waals surface area contributed by atoms with Crippen LogP contribution in [-0.2, 0) is 4.74 Å². The van der Waals surface area contributed by atoms with Gasteiger partial charge in [-0.15, -0.1) is 0 Å². The first-order valence-corrected chi connectivity index (χ1v) is 6.10. The summed E-state index contributed by atoms with van der Waals surface area (Å²) in [5, 5.41) is 3.13. The van der Waals surface area contributed by atoms with E-state index in [1.165, 1.54) is 6.07 Å². The van der Waals surface area contributed by atoms with Gasteiger partial charge in [-0.05, 0) is 32.0 Å². The second-order valence-corrected chi connectivity index (χ2v) is 4.47. The van der Waals surface area contributed by atoms with E-state index in [9.17, 15) is 4.39 Å². The Morgan fingerprint density at radius 3 is 2.81 bits per heavy atom. The van der Waals surface area contributed by atoms with Gasteiger partial charge in [-0.1, -0.05) is 22.0 Å². The third-order valence-corrected chi connectivity index (χ3v) is 3.23. The SMILES string of the molecule is CNC(CCCOC)c1c(F)cccc1Br. The van der Waals surface area contributed by atoms with Gasteiger partial charge in [0.2, 0.25) is 0 Å². The first-order chi connectivity index (χ1) is 7.70. The molecular formula is C12H17BrFNO. The zero-order valence-electron chi connectivity index (χ0n) is 9.59. The van der Waals surface area contributed by atoms with Gasteiger partial charge in [-0.2, -0.15) is 0 Å². The summed E-state index contributed by atoms with van der Waals surface area (Å²) in [5.41, 5.74) is 0.695. The first-order valence-electron chi connectivity index (χ1n) is 5.30. The Balaban J connectivity index is 2.78. The van der Waals surface area contributed by atoms with Crippen LogP contribution < -0.4 is 5.32 Å². The highest BCUT2D eigenvalue weighted by atomic mass is 79.9. The van der Waals surface area contributed by atoms with Crippen LogP contribution in [0.1, 0.15) is 24.4 Å². The number of methoxy groups -OCH3 is 1. The lowest BCUT2D eigenvalue weighted by Crippen LogP contribution is -2.18. The Hall–Kier alpha value is -0.450. The zero-order valence-corrected chi connectivity index (χ0v) is 11.2. The maximum Gasteiger partial charge on any atom is 0.129 e. The molecule has 0 spiro atoms. The molecule has 1 atom stereocenters. The predicted octanol–water partition coefficient (Wildman–Crippen LogP) is 3.28. The Labute approximate surface area is 104 Å². The molecule has 0 saturated heterocycles. The number of benzene rings is 1. The second-order valence-electron chi connectivity index (χ2n) is 3.61. The quantitative estimate of drug-likeness (QED) is 0.812. The number of hydrogen-bond acceptors (Lipinski definition) is 2. The van der Waals surface area contributed by atoms with E-state index in [1.807, 2.05) is 13.1 Å². The molecule has 1 unspecified atom stereocenters. The average molecular weight is 290 g/mol. The topological polar surface area (TPSA) is 21.3 Å². The summed E-state index contributed by atoms with van der Waals surface area (Å²) in [4.78, 5) is 0. The van der Waals surface area contributed by atoms with E-state index >= 15 is 0 Å². The molecule has 16 heavy (non-hydrogen) atoms. The van der Waals surface area contributed by atoms with Crippen LogP contribution in [0.4, 0.5) is 4.39 Å². The largest absolute Gasteiger partial charge is 0.385 e. The van der Waals surface area contributed by atoms with Crippen LogP contribution in [0, 0.1) is 5.82 Å². The van der Waals surface area contributed by atoms with Crippen molar-refractivity contribution in [2.45, 2.75) is 18.9 Å². The molecule has 2 nitrogen and oxygen atoms in total. The van der Waals surface area contributed by atoms with Crippen LogP contribution in [-0.4, -0.2) is 20.8 Å². The lowest BCUT2D eigenvalue weighted by molar-refractivity contribution is 0.189. The van der Waals surface area contributed by atoms with Gasteiger partial charge >= 0.3 is 0 Å². The highest BCUT2D eigenvalue weighted by Crippen LogP contribution is 2.28. The van der Waals surface area contributed by atoms with E-state index in [0.717, 1.165) is 17.3 Å². The van der Waals surface area contributed by atoms with Crippen LogP contribution in [0.25, 0.3) is 0 Å². The molecule has 1 aromatic carbocycles. The van der Waals surface area contributed by atoms with E-state index in [1.54, 1.807) is 13.2 Å². The summed E-state index contributed by atoms with van der Waals surface area (Å²) in [5.74, 6) is -0.175. The van der Waals surface area contributed by atoms with Gasteiger partial charge in [0.1, 0.15) is 5.82 Å². The Morgan fingerprint density at radius 2 is 2.25 bits per heavy atom. The minimum Gasteiger partial charge on any atom is -0.385 e. The summed E-state index contributed by atoms with van der Waals surface area (Å²) in [6.07, 6.45) is 1.76. The van der Waals surface area contributed by atoms with Crippen molar-refractivity contribution in [3.8, 4) is 0 Å². The van der Waals surface area contributed by atoms with E-state index in [0.29, 0.717) is 12.2 Å². The monoisotopic (exact) mass is 289 g/mol. The standard InChI is InChI=1S/C12H17BrFNO/c1-15-11(7-4-8-16-2)12-9(13)5-3-6-10(12)14/h3,5-6,11,15H,4,7-8H2,1-2H3. The van der Waals surface area contributed by atoms with Crippen LogP contribution >= 0.6 is 15.9 Å². The maximum atomic E-state index is 13.7. The predicted molar refractivity (Wildman–Crippen MR) is 67.0 cm³/mol. The summed E-state index contributed by atoms with van der Waals surface area (Å²) < 4.78 is 19.5. The molecule has 4 heteroatoms. The van der Waals surface area contributed by atoms with Gasteiger partial charge in [-0.3, -0.25) is 0 Å². The molecule has 0 saturated carbocycles. The lowest BCUT2D eigenvalue weighted by atomic mass is 10.0. The molecule has 0 amide bonds. The maximum absolute atomic E-state index is 13.7. The smallest absolute Gasteiger partial charge is 0.129 e. The van der Waals surface area contributed by atoms with Gasteiger partial charge in [0.15, 0.2) is 0 Å². The van der Waals surface area contributed by atoms with E-state index in [2.05, 4.69) is 21.2 Å². The molecular weight excluding hydrogens is 273 g/mol. The van der Waals surface area contributed by atoms with Gasteiger partial charge < -0.3 is 10.1 Å². The van der Waals surface area contributed by atoms with E-state index in [4.69, 9.17) is 4.74 Å². The molecule has 0 heterocycles. The number of hydrogen-bond donors (Lipinski definition) is 1. The summed E-state index contributed by atoms with van der Waals surface area (Å²) >= 11 is 3.39. The van der Waals surface area contributed by atoms with Gasteiger partial charge in [-0.25, -0.2) is 4.39 Å². The highest BCUT2D eigenvalue weighted by Gasteiger charge is 2.16. The number of rotatable bonds is 6. The number of nitrogens with one attached hydrogen (secondary N) is 1. The molecule has 0 bridgehead atoms.